The summed E-state index contributed by atoms with van der Waals surface area (Å²) in [7, 11) is 0. The van der Waals surface area contributed by atoms with Gasteiger partial charge >= 0.3 is 6.03 Å². The summed E-state index contributed by atoms with van der Waals surface area (Å²) in [6, 6.07) is 7.60. The van der Waals surface area contributed by atoms with Gasteiger partial charge in [-0.3, -0.25) is 0 Å². The number of carbonyl (C=O) groups is 1. The smallest absolute Gasteiger partial charge is 0.318 e. The fraction of sp³-hybridized carbons (Fsp3) is 0.412. The maximum absolute atomic E-state index is 12.6. The van der Waals surface area contributed by atoms with Gasteiger partial charge in [-0.05, 0) is 31.4 Å². The molecule has 23 heavy (non-hydrogen) atoms. The minimum Gasteiger partial charge on any atom is -0.394 e. The van der Waals surface area contributed by atoms with Crippen molar-refractivity contribution < 1.29 is 9.90 Å². The van der Waals surface area contributed by atoms with Crippen LogP contribution in [0, 0.1) is 13.8 Å². The molecule has 1 aliphatic heterocycles. The lowest BCUT2D eigenvalue weighted by Gasteiger charge is -2.36. The summed E-state index contributed by atoms with van der Waals surface area (Å²) in [6.07, 6.45) is 0.818. The van der Waals surface area contributed by atoms with Gasteiger partial charge in [0.15, 0.2) is 0 Å². The van der Waals surface area contributed by atoms with Gasteiger partial charge in [-0.2, -0.15) is 0 Å². The lowest BCUT2D eigenvalue weighted by Crippen LogP contribution is -2.46. The lowest BCUT2D eigenvalue weighted by molar-refractivity contribution is 0.127. The number of aliphatic hydroxyl groups excluding tert-OH is 1. The lowest BCUT2D eigenvalue weighted by atomic mass is 9.93. The Morgan fingerprint density at radius 3 is 2.91 bits per heavy atom. The van der Waals surface area contributed by atoms with Crippen LogP contribution in [0.5, 0.6) is 0 Å². The number of urea groups is 1. The van der Waals surface area contributed by atoms with E-state index in [2.05, 4.69) is 16.4 Å². The molecule has 1 aromatic heterocycles. The summed E-state index contributed by atoms with van der Waals surface area (Å²) in [5.74, 6) is 0. The Morgan fingerprint density at radius 1 is 1.43 bits per heavy atom. The Kier molecular flexibility index (Phi) is 4.63. The SMILES string of the molecule is Cc1nc(C)c(CNC(=O)N2CCc3ccccc3[C@@H]2CO)s1. The number of nitrogens with one attached hydrogen (secondary N) is 1. The zero-order valence-corrected chi connectivity index (χ0v) is 14.2. The molecular weight excluding hydrogens is 310 g/mol. The highest BCUT2D eigenvalue weighted by molar-refractivity contribution is 7.11. The number of amides is 2. The second-order valence-corrected chi connectivity index (χ2v) is 7.03. The summed E-state index contributed by atoms with van der Waals surface area (Å²) in [5.41, 5.74) is 3.22. The van der Waals surface area contributed by atoms with Crippen molar-refractivity contribution in [3.05, 3.63) is 51.0 Å². The Labute approximate surface area is 140 Å². The Bertz CT molecular complexity index is 714. The number of aryl methyl sites for hydroxylation is 2. The number of aliphatic hydroxyl groups is 1. The van der Waals surface area contributed by atoms with E-state index in [1.165, 1.54) is 5.56 Å². The second-order valence-electron chi connectivity index (χ2n) is 5.74. The molecule has 122 valence electrons. The third-order valence-corrected chi connectivity index (χ3v) is 5.32. The topological polar surface area (TPSA) is 65.5 Å². The quantitative estimate of drug-likeness (QED) is 0.908. The first kappa shape index (κ1) is 16.0. The molecule has 0 saturated carbocycles. The van der Waals surface area contributed by atoms with E-state index in [0.29, 0.717) is 13.1 Å². The van der Waals surface area contributed by atoms with E-state index >= 15 is 0 Å². The minimum atomic E-state index is -0.274. The van der Waals surface area contributed by atoms with Crippen LogP contribution < -0.4 is 5.32 Å². The maximum Gasteiger partial charge on any atom is 0.318 e. The number of fused-ring (bicyclic) bond motifs is 1. The van der Waals surface area contributed by atoms with Crippen molar-refractivity contribution >= 4 is 17.4 Å². The van der Waals surface area contributed by atoms with Crippen LogP contribution in [0.15, 0.2) is 24.3 Å². The number of rotatable bonds is 3. The molecule has 2 N–H and O–H groups in total. The van der Waals surface area contributed by atoms with Gasteiger partial charge in [-0.25, -0.2) is 9.78 Å². The van der Waals surface area contributed by atoms with Gasteiger partial charge < -0.3 is 15.3 Å². The summed E-state index contributed by atoms with van der Waals surface area (Å²) >= 11 is 1.60. The van der Waals surface area contributed by atoms with E-state index in [9.17, 15) is 9.90 Å². The molecule has 0 saturated heterocycles. The predicted molar refractivity (Wildman–Crippen MR) is 90.5 cm³/mol. The van der Waals surface area contributed by atoms with Crippen LogP contribution >= 0.6 is 11.3 Å². The molecule has 2 aromatic rings. The second kappa shape index (κ2) is 6.68. The summed E-state index contributed by atoms with van der Waals surface area (Å²) in [6.45, 7) is 4.95. The molecule has 0 radical (unpaired) electrons. The molecule has 0 unspecified atom stereocenters. The molecule has 2 amide bonds. The van der Waals surface area contributed by atoms with E-state index in [0.717, 1.165) is 27.6 Å². The first-order chi connectivity index (χ1) is 11.1. The number of aromatic nitrogens is 1. The number of hydrogen-bond acceptors (Lipinski definition) is 4. The van der Waals surface area contributed by atoms with E-state index in [4.69, 9.17) is 0 Å². The van der Waals surface area contributed by atoms with Gasteiger partial charge in [0.05, 0.1) is 29.9 Å². The van der Waals surface area contributed by atoms with E-state index in [-0.39, 0.29) is 18.7 Å². The van der Waals surface area contributed by atoms with Crippen molar-refractivity contribution in [2.45, 2.75) is 32.9 Å². The normalized spacial score (nSPS) is 17.0. The van der Waals surface area contributed by atoms with Crippen molar-refractivity contribution in [1.82, 2.24) is 15.2 Å². The molecule has 1 aliphatic rings. The Morgan fingerprint density at radius 2 is 2.22 bits per heavy atom. The molecule has 0 fully saturated rings. The Hall–Kier alpha value is -1.92. The van der Waals surface area contributed by atoms with Gasteiger partial charge in [0.1, 0.15) is 0 Å². The van der Waals surface area contributed by atoms with Gasteiger partial charge in [0.25, 0.3) is 0 Å². The van der Waals surface area contributed by atoms with Crippen LogP contribution in [0.3, 0.4) is 0 Å². The molecule has 0 bridgehead atoms. The highest BCUT2D eigenvalue weighted by Crippen LogP contribution is 2.29. The standard InChI is InChI=1S/C17H21N3O2S/c1-11-16(23-12(2)19-11)9-18-17(22)20-8-7-13-5-3-4-6-14(13)15(20)10-21/h3-6,15,21H,7-10H2,1-2H3,(H,18,22)/t15-/m0/s1. The molecule has 6 heteroatoms. The number of nitrogens with zero attached hydrogens (tertiary/aromatic N) is 2. The van der Waals surface area contributed by atoms with Gasteiger partial charge in [0.2, 0.25) is 0 Å². The zero-order valence-electron chi connectivity index (χ0n) is 13.4. The summed E-state index contributed by atoms with van der Waals surface area (Å²) in [5, 5.41) is 13.7. The van der Waals surface area contributed by atoms with Crippen LogP contribution in [0.2, 0.25) is 0 Å². The number of thiazole rings is 1. The van der Waals surface area contributed by atoms with E-state index < -0.39 is 0 Å². The van der Waals surface area contributed by atoms with E-state index in [1.807, 2.05) is 32.0 Å². The van der Waals surface area contributed by atoms with E-state index in [1.54, 1.807) is 16.2 Å². The van der Waals surface area contributed by atoms with Crippen LogP contribution in [-0.4, -0.2) is 34.2 Å². The molecule has 0 spiro atoms. The van der Waals surface area contributed by atoms with Gasteiger partial charge in [-0.1, -0.05) is 24.3 Å². The molecule has 1 atom stereocenters. The molecule has 0 aliphatic carbocycles. The van der Waals surface area contributed by atoms with Crippen molar-refractivity contribution in [2.75, 3.05) is 13.2 Å². The van der Waals surface area contributed by atoms with Crippen LogP contribution in [0.25, 0.3) is 0 Å². The summed E-state index contributed by atoms with van der Waals surface area (Å²) < 4.78 is 0. The first-order valence-corrected chi connectivity index (χ1v) is 8.58. The molecule has 2 heterocycles. The predicted octanol–water partition coefficient (Wildman–Crippen LogP) is 2.56. The molecule has 1 aromatic carbocycles. The third-order valence-electron chi connectivity index (χ3n) is 4.25. The highest BCUT2D eigenvalue weighted by Gasteiger charge is 2.30. The van der Waals surface area contributed by atoms with Crippen LogP contribution in [0.4, 0.5) is 4.79 Å². The number of carbonyl (C=O) groups excluding carboxylic acids is 1. The monoisotopic (exact) mass is 331 g/mol. The fourth-order valence-electron chi connectivity index (χ4n) is 3.09. The Balaban J connectivity index is 1.71. The third kappa shape index (κ3) is 3.23. The maximum atomic E-state index is 12.6. The molecule has 3 rings (SSSR count). The fourth-order valence-corrected chi connectivity index (χ4v) is 3.96. The van der Waals surface area contributed by atoms with Crippen molar-refractivity contribution in [3.63, 3.8) is 0 Å². The average molecular weight is 331 g/mol. The van der Waals surface area contributed by atoms with Crippen LogP contribution in [-0.2, 0) is 13.0 Å². The van der Waals surface area contributed by atoms with Crippen LogP contribution in [0.1, 0.15) is 32.7 Å². The average Bonchev–Trinajstić information content (AvgIpc) is 2.89. The van der Waals surface area contributed by atoms with Gasteiger partial charge in [0, 0.05) is 11.4 Å². The van der Waals surface area contributed by atoms with Crippen molar-refractivity contribution in [2.24, 2.45) is 0 Å². The molecular formula is C17H21N3O2S. The van der Waals surface area contributed by atoms with Crippen molar-refractivity contribution in [1.29, 1.82) is 0 Å². The minimum absolute atomic E-state index is 0.0663. The highest BCUT2D eigenvalue weighted by atomic mass is 32.1. The molecule has 5 nitrogen and oxygen atoms in total. The van der Waals surface area contributed by atoms with Crippen molar-refractivity contribution in [3.8, 4) is 0 Å². The zero-order chi connectivity index (χ0) is 16.4. The largest absolute Gasteiger partial charge is 0.394 e. The van der Waals surface area contributed by atoms with Gasteiger partial charge in [-0.15, -0.1) is 11.3 Å². The number of hydrogen-bond donors (Lipinski definition) is 2. The first-order valence-electron chi connectivity index (χ1n) is 7.76. The summed E-state index contributed by atoms with van der Waals surface area (Å²) in [4.78, 5) is 19.7. The number of benzene rings is 1.